The van der Waals surface area contributed by atoms with Gasteiger partial charge in [-0.2, -0.15) is 0 Å². The van der Waals surface area contributed by atoms with Crippen LogP contribution in [-0.2, 0) is 0 Å². The first kappa shape index (κ1) is 12.2. The molecule has 0 aliphatic carbocycles. The second-order valence-electron chi connectivity index (χ2n) is 5.20. The number of rotatable bonds is 0. The first-order chi connectivity index (χ1) is 7.88. The number of fused-ring (bicyclic) bond motifs is 2. The van der Waals surface area contributed by atoms with Gasteiger partial charge < -0.3 is 0 Å². The number of amides is 4. The Balaban J connectivity index is 2.47. The first-order valence-corrected chi connectivity index (χ1v) is 6.05. The van der Waals surface area contributed by atoms with E-state index in [1.807, 2.05) is 20.8 Å². The molecule has 4 amide bonds. The van der Waals surface area contributed by atoms with E-state index in [1.54, 1.807) is 9.80 Å². The van der Waals surface area contributed by atoms with E-state index < -0.39 is 5.54 Å². The molecule has 0 atom stereocenters. The van der Waals surface area contributed by atoms with Crippen molar-refractivity contribution in [2.24, 2.45) is 0 Å². The maximum absolute atomic E-state index is 12.3. The fraction of sp³-hybridized carbons (Fsp3) is 0.636. The van der Waals surface area contributed by atoms with Crippen molar-refractivity contribution in [1.82, 2.24) is 14.7 Å². The number of nitrogens with zero attached hydrogens (tertiary/aromatic N) is 3. The number of carbonyl (C=O) groups excluding carboxylic acids is 2. The van der Waals surface area contributed by atoms with Gasteiger partial charge in [0, 0.05) is 24.2 Å². The zero-order chi connectivity index (χ0) is 12.8. The van der Waals surface area contributed by atoms with Gasteiger partial charge in [-0.15, -0.1) is 0 Å². The molecule has 2 fully saturated rings. The highest BCUT2D eigenvalue weighted by Crippen LogP contribution is 2.32. The Morgan fingerprint density at radius 2 is 1.71 bits per heavy atom. The third-order valence-corrected chi connectivity index (χ3v) is 3.12. The van der Waals surface area contributed by atoms with Gasteiger partial charge in [0.2, 0.25) is 0 Å². The number of imide groups is 1. The number of carbonyl (C=O) groups is 2. The van der Waals surface area contributed by atoms with Crippen LogP contribution in [0, 0.1) is 0 Å². The molecule has 94 valence electrons. The summed E-state index contributed by atoms with van der Waals surface area (Å²) >= 11 is 5.79. The zero-order valence-electron chi connectivity index (χ0n) is 10.2. The van der Waals surface area contributed by atoms with Crippen LogP contribution in [0.1, 0.15) is 27.2 Å². The maximum atomic E-state index is 12.3. The van der Waals surface area contributed by atoms with Crippen LogP contribution in [0.3, 0.4) is 0 Å². The quantitative estimate of drug-likeness (QED) is 0.669. The Bertz CT molecular complexity index is 400. The molecule has 2 rings (SSSR count). The molecule has 0 aromatic rings. The average Bonchev–Trinajstić information content (AvgIpc) is 2.21. The summed E-state index contributed by atoms with van der Waals surface area (Å²) in [6, 6.07) is -0.556. The van der Waals surface area contributed by atoms with E-state index in [9.17, 15) is 9.59 Å². The Kier molecular flexibility index (Phi) is 2.81. The van der Waals surface area contributed by atoms with E-state index in [2.05, 4.69) is 0 Å². The van der Waals surface area contributed by atoms with Gasteiger partial charge in [0.15, 0.2) is 0 Å². The highest BCUT2D eigenvalue weighted by atomic mass is 35.5. The molecule has 6 heteroatoms. The van der Waals surface area contributed by atoms with E-state index in [1.165, 1.54) is 10.4 Å². The minimum atomic E-state index is -0.410. The van der Waals surface area contributed by atoms with Gasteiger partial charge in [0.1, 0.15) is 5.82 Å². The summed E-state index contributed by atoms with van der Waals surface area (Å²) in [5, 5.41) is 0. The van der Waals surface area contributed by atoms with Gasteiger partial charge in [-0.3, -0.25) is 9.80 Å². The summed E-state index contributed by atoms with van der Waals surface area (Å²) in [7, 11) is 0. The summed E-state index contributed by atoms with van der Waals surface area (Å²) in [6.07, 6.45) is 0.781. The molecular weight excluding hydrogens is 242 g/mol. The van der Waals surface area contributed by atoms with E-state index in [0.717, 1.165) is 6.42 Å². The van der Waals surface area contributed by atoms with Crippen molar-refractivity contribution in [3.63, 3.8) is 0 Å². The first-order valence-electron chi connectivity index (χ1n) is 5.61. The lowest BCUT2D eigenvalue weighted by atomic mass is 10.1. The molecule has 0 radical (unpaired) electrons. The lowest BCUT2D eigenvalue weighted by molar-refractivity contribution is 0.0630. The SMILES string of the molecule is CC(C)(C)N1C(=O)N2CCCN(C2=O)/C1=C/Cl. The summed E-state index contributed by atoms with van der Waals surface area (Å²) in [6.45, 7) is 6.83. The number of urea groups is 2. The minimum absolute atomic E-state index is 0.270. The minimum Gasteiger partial charge on any atom is -0.278 e. The van der Waals surface area contributed by atoms with Gasteiger partial charge >= 0.3 is 12.1 Å². The monoisotopic (exact) mass is 257 g/mol. The molecule has 0 aromatic carbocycles. The van der Waals surface area contributed by atoms with E-state index in [0.29, 0.717) is 18.9 Å². The van der Waals surface area contributed by atoms with Gasteiger partial charge in [0.05, 0.1) is 0 Å². The van der Waals surface area contributed by atoms with Crippen molar-refractivity contribution in [3.8, 4) is 0 Å². The average molecular weight is 258 g/mol. The van der Waals surface area contributed by atoms with Gasteiger partial charge in [-0.25, -0.2) is 14.5 Å². The van der Waals surface area contributed by atoms with Crippen molar-refractivity contribution >= 4 is 23.7 Å². The lowest BCUT2D eigenvalue weighted by Gasteiger charge is -2.49. The van der Waals surface area contributed by atoms with Crippen LogP contribution < -0.4 is 0 Å². The highest BCUT2D eigenvalue weighted by Gasteiger charge is 2.46. The maximum Gasteiger partial charge on any atom is 0.334 e. The molecule has 2 aliphatic rings. The van der Waals surface area contributed by atoms with Crippen molar-refractivity contribution in [3.05, 3.63) is 11.4 Å². The fourth-order valence-electron chi connectivity index (χ4n) is 2.19. The van der Waals surface area contributed by atoms with E-state index in [-0.39, 0.29) is 12.1 Å². The number of halogens is 1. The van der Waals surface area contributed by atoms with Crippen LogP contribution in [0.2, 0.25) is 0 Å². The standard InChI is InChI=1S/C11H16ClN3O2/c1-11(2,3)15-8(7-12)13-5-4-6-14(9(13)16)10(15)17/h7H,4-6H2,1-3H3/b8-7-. The molecular formula is C11H16ClN3O2. The van der Waals surface area contributed by atoms with Crippen LogP contribution in [0.4, 0.5) is 9.59 Å². The topological polar surface area (TPSA) is 43.9 Å². The fourth-order valence-corrected chi connectivity index (χ4v) is 2.41. The lowest BCUT2D eigenvalue weighted by Crippen LogP contribution is -2.66. The third kappa shape index (κ3) is 1.78. The summed E-state index contributed by atoms with van der Waals surface area (Å²) in [5.41, 5.74) is 0.899. The van der Waals surface area contributed by atoms with Crippen LogP contribution in [-0.4, -0.2) is 45.4 Å². The molecule has 0 saturated carbocycles. The molecule has 0 N–H and O–H groups in total. The van der Waals surface area contributed by atoms with Crippen LogP contribution in [0.15, 0.2) is 11.4 Å². The van der Waals surface area contributed by atoms with Crippen LogP contribution in [0.25, 0.3) is 0 Å². The second-order valence-corrected chi connectivity index (χ2v) is 5.41. The Labute approximate surface area is 106 Å². The zero-order valence-corrected chi connectivity index (χ0v) is 11.0. The molecule has 2 heterocycles. The third-order valence-electron chi connectivity index (χ3n) is 2.92. The molecule has 5 nitrogen and oxygen atoms in total. The second kappa shape index (κ2) is 3.91. The van der Waals surface area contributed by atoms with Crippen molar-refractivity contribution in [1.29, 1.82) is 0 Å². The number of hydrogen-bond donors (Lipinski definition) is 0. The highest BCUT2D eigenvalue weighted by molar-refractivity contribution is 6.26. The van der Waals surface area contributed by atoms with Gasteiger partial charge in [0.25, 0.3) is 0 Å². The largest absolute Gasteiger partial charge is 0.334 e. The molecule has 0 aromatic heterocycles. The molecule has 2 aliphatic heterocycles. The molecule has 0 spiro atoms. The Morgan fingerprint density at radius 1 is 1.12 bits per heavy atom. The Morgan fingerprint density at radius 3 is 2.24 bits per heavy atom. The van der Waals surface area contributed by atoms with Crippen molar-refractivity contribution in [2.75, 3.05) is 13.1 Å². The summed E-state index contributed by atoms with van der Waals surface area (Å²) in [4.78, 5) is 28.6. The number of hydrogen-bond acceptors (Lipinski definition) is 2. The van der Waals surface area contributed by atoms with Crippen LogP contribution >= 0.6 is 11.6 Å². The van der Waals surface area contributed by atoms with E-state index in [4.69, 9.17) is 11.6 Å². The van der Waals surface area contributed by atoms with Crippen molar-refractivity contribution < 1.29 is 9.59 Å². The van der Waals surface area contributed by atoms with Gasteiger partial charge in [-0.1, -0.05) is 11.6 Å². The van der Waals surface area contributed by atoms with Crippen LogP contribution in [0.5, 0.6) is 0 Å². The van der Waals surface area contributed by atoms with Gasteiger partial charge in [-0.05, 0) is 27.2 Å². The summed E-state index contributed by atoms with van der Waals surface area (Å²) in [5.74, 6) is 0.477. The smallest absolute Gasteiger partial charge is 0.278 e. The predicted molar refractivity (Wildman–Crippen MR) is 64.3 cm³/mol. The molecule has 2 saturated heterocycles. The molecule has 0 unspecified atom stereocenters. The normalized spacial score (nSPS) is 23.8. The predicted octanol–water partition coefficient (Wildman–Crippen LogP) is 2.39. The van der Waals surface area contributed by atoms with Crippen molar-refractivity contribution in [2.45, 2.75) is 32.7 Å². The van der Waals surface area contributed by atoms with E-state index >= 15 is 0 Å². The molecule has 2 bridgehead atoms. The Hall–Kier alpha value is -1.23. The molecule has 17 heavy (non-hydrogen) atoms. The summed E-state index contributed by atoms with van der Waals surface area (Å²) < 4.78 is 0.